The highest BCUT2D eigenvalue weighted by Crippen LogP contribution is 2.26. The van der Waals surface area contributed by atoms with Crippen molar-refractivity contribution in [3.63, 3.8) is 0 Å². The zero-order valence-electron chi connectivity index (χ0n) is 10.5. The highest BCUT2D eigenvalue weighted by atomic mass is 79.9. The molecule has 0 saturated heterocycles. The first-order chi connectivity index (χ1) is 9.06. The van der Waals surface area contributed by atoms with Gasteiger partial charge in [-0.25, -0.2) is 0 Å². The second-order valence-electron chi connectivity index (χ2n) is 5.02. The molecule has 3 nitrogen and oxygen atoms in total. The Morgan fingerprint density at radius 1 is 1.47 bits per heavy atom. The smallest absolute Gasteiger partial charge is 0.306 e. The van der Waals surface area contributed by atoms with Crippen LogP contribution in [0.4, 0.5) is 0 Å². The van der Waals surface area contributed by atoms with Crippen molar-refractivity contribution in [2.24, 2.45) is 5.92 Å². The van der Waals surface area contributed by atoms with E-state index in [1.54, 1.807) is 0 Å². The van der Waals surface area contributed by atoms with Crippen molar-refractivity contribution in [1.29, 1.82) is 0 Å². The van der Waals surface area contributed by atoms with Gasteiger partial charge in [0.1, 0.15) is 0 Å². The summed E-state index contributed by atoms with van der Waals surface area (Å²) >= 11 is 9.39. The summed E-state index contributed by atoms with van der Waals surface area (Å²) in [7, 11) is 0. The summed E-state index contributed by atoms with van der Waals surface area (Å²) in [6.45, 7) is 0.731. The van der Waals surface area contributed by atoms with Crippen molar-refractivity contribution in [3.05, 3.63) is 33.3 Å². The number of carboxylic acids is 1. The number of aliphatic carboxylic acids is 1. The normalized spacial score (nSPS) is 23.3. The highest BCUT2D eigenvalue weighted by molar-refractivity contribution is 9.10. The minimum atomic E-state index is -0.667. The maximum Gasteiger partial charge on any atom is 0.306 e. The molecule has 0 bridgehead atoms. The highest BCUT2D eigenvalue weighted by Gasteiger charge is 2.26. The number of carbonyl (C=O) groups is 1. The molecular weight excluding hydrogens is 330 g/mol. The van der Waals surface area contributed by atoms with Crippen LogP contribution in [0.1, 0.15) is 31.2 Å². The number of carboxylic acid groups (broad SMARTS) is 1. The Bertz CT molecular complexity index is 467. The van der Waals surface area contributed by atoms with E-state index >= 15 is 0 Å². The maximum atomic E-state index is 11.0. The number of benzene rings is 1. The van der Waals surface area contributed by atoms with E-state index in [1.165, 1.54) is 0 Å². The van der Waals surface area contributed by atoms with Gasteiger partial charge >= 0.3 is 5.97 Å². The van der Waals surface area contributed by atoms with Crippen LogP contribution in [0.5, 0.6) is 0 Å². The van der Waals surface area contributed by atoms with Gasteiger partial charge in [-0.15, -0.1) is 0 Å². The molecule has 5 heteroatoms. The molecule has 1 aromatic carbocycles. The van der Waals surface area contributed by atoms with E-state index in [2.05, 4.69) is 21.2 Å². The van der Waals surface area contributed by atoms with E-state index in [9.17, 15) is 4.79 Å². The summed E-state index contributed by atoms with van der Waals surface area (Å²) in [5.41, 5.74) is 1.14. The Morgan fingerprint density at radius 3 is 2.95 bits per heavy atom. The van der Waals surface area contributed by atoms with E-state index in [1.807, 2.05) is 18.2 Å². The number of nitrogens with one attached hydrogen (secondary N) is 1. The predicted molar refractivity (Wildman–Crippen MR) is 79.4 cm³/mol. The maximum absolute atomic E-state index is 11.0. The summed E-state index contributed by atoms with van der Waals surface area (Å²) in [6.07, 6.45) is 3.56. The Morgan fingerprint density at radius 2 is 2.26 bits per heavy atom. The molecule has 2 atom stereocenters. The molecule has 0 amide bonds. The second-order valence-corrected chi connectivity index (χ2v) is 6.31. The summed E-state index contributed by atoms with van der Waals surface area (Å²) < 4.78 is 0.984. The third kappa shape index (κ3) is 4.20. The van der Waals surface area contributed by atoms with Crippen molar-refractivity contribution in [1.82, 2.24) is 5.32 Å². The van der Waals surface area contributed by atoms with E-state index in [0.29, 0.717) is 5.02 Å². The van der Waals surface area contributed by atoms with Crippen LogP contribution < -0.4 is 5.32 Å². The quantitative estimate of drug-likeness (QED) is 0.871. The molecule has 0 radical (unpaired) electrons. The average Bonchev–Trinajstić information content (AvgIpc) is 2.38. The first-order valence-electron chi connectivity index (χ1n) is 6.46. The second kappa shape index (κ2) is 6.73. The molecular formula is C14H17BrClNO2. The SMILES string of the molecule is O=C(O)C1CCCC(NCc2ccc(Cl)cc2Br)C1. The van der Waals surface area contributed by atoms with E-state index in [4.69, 9.17) is 16.7 Å². The topological polar surface area (TPSA) is 49.3 Å². The van der Waals surface area contributed by atoms with E-state index in [0.717, 1.165) is 42.3 Å². The van der Waals surface area contributed by atoms with Gasteiger partial charge in [-0.3, -0.25) is 4.79 Å². The molecule has 1 aromatic rings. The summed E-state index contributed by atoms with van der Waals surface area (Å²) in [5, 5.41) is 13.2. The van der Waals surface area contributed by atoms with Crippen LogP contribution in [-0.4, -0.2) is 17.1 Å². The minimum absolute atomic E-state index is 0.195. The van der Waals surface area contributed by atoms with Gasteiger partial charge in [0.25, 0.3) is 0 Å². The van der Waals surface area contributed by atoms with Crippen LogP contribution in [-0.2, 0) is 11.3 Å². The Hall–Kier alpha value is -0.580. The lowest BCUT2D eigenvalue weighted by atomic mass is 9.86. The number of hydrogen-bond donors (Lipinski definition) is 2. The molecule has 19 heavy (non-hydrogen) atoms. The van der Waals surface area contributed by atoms with Gasteiger partial charge in [0, 0.05) is 22.1 Å². The van der Waals surface area contributed by atoms with Gasteiger partial charge in [-0.2, -0.15) is 0 Å². The number of hydrogen-bond acceptors (Lipinski definition) is 2. The largest absolute Gasteiger partial charge is 0.481 e. The van der Waals surface area contributed by atoms with Gasteiger partial charge in [0.15, 0.2) is 0 Å². The molecule has 1 aliphatic carbocycles. The number of halogens is 2. The van der Waals surface area contributed by atoms with Crippen LogP contribution in [0.3, 0.4) is 0 Å². The average molecular weight is 347 g/mol. The molecule has 104 valence electrons. The molecule has 2 N–H and O–H groups in total. The number of rotatable bonds is 4. The fourth-order valence-corrected chi connectivity index (χ4v) is 3.34. The Kier molecular flexibility index (Phi) is 5.25. The zero-order valence-corrected chi connectivity index (χ0v) is 12.9. The fraction of sp³-hybridized carbons (Fsp3) is 0.500. The first kappa shape index (κ1) is 14.8. The van der Waals surface area contributed by atoms with Gasteiger partial charge in [0.2, 0.25) is 0 Å². The summed E-state index contributed by atoms with van der Waals surface area (Å²) in [6, 6.07) is 6.01. The monoisotopic (exact) mass is 345 g/mol. The van der Waals surface area contributed by atoms with Crippen molar-refractivity contribution < 1.29 is 9.90 Å². The first-order valence-corrected chi connectivity index (χ1v) is 7.63. The molecule has 0 aliphatic heterocycles. The molecule has 0 aromatic heterocycles. The van der Waals surface area contributed by atoms with E-state index < -0.39 is 5.97 Å². The van der Waals surface area contributed by atoms with Gasteiger partial charge < -0.3 is 10.4 Å². The molecule has 1 fully saturated rings. The van der Waals surface area contributed by atoms with Crippen LogP contribution in [0.25, 0.3) is 0 Å². The van der Waals surface area contributed by atoms with Crippen molar-refractivity contribution >= 4 is 33.5 Å². The third-order valence-electron chi connectivity index (χ3n) is 3.62. The van der Waals surface area contributed by atoms with Crippen LogP contribution in [0.15, 0.2) is 22.7 Å². The van der Waals surface area contributed by atoms with Crippen molar-refractivity contribution in [2.45, 2.75) is 38.3 Å². The molecule has 0 heterocycles. The fourth-order valence-electron chi connectivity index (χ4n) is 2.52. The molecule has 0 spiro atoms. The van der Waals surface area contributed by atoms with E-state index in [-0.39, 0.29) is 12.0 Å². The Labute approximate surface area is 126 Å². The van der Waals surface area contributed by atoms with Crippen LogP contribution >= 0.6 is 27.5 Å². The molecule has 2 rings (SSSR count). The van der Waals surface area contributed by atoms with Crippen molar-refractivity contribution in [2.75, 3.05) is 0 Å². The summed E-state index contributed by atoms with van der Waals surface area (Å²) in [4.78, 5) is 11.0. The van der Waals surface area contributed by atoms with Gasteiger partial charge in [0.05, 0.1) is 5.92 Å². The lowest BCUT2D eigenvalue weighted by Crippen LogP contribution is -2.36. The third-order valence-corrected chi connectivity index (χ3v) is 4.59. The lowest BCUT2D eigenvalue weighted by molar-refractivity contribution is -0.143. The standard InChI is InChI=1S/C14H17BrClNO2/c15-13-7-11(16)5-4-10(13)8-17-12-3-1-2-9(6-12)14(18)19/h4-5,7,9,12,17H,1-3,6,8H2,(H,18,19). The lowest BCUT2D eigenvalue weighted by Gasteiger charge is -2.27. The van der Waals surface area contributed by atoms with Crippen LogP contribution in [0, 0.1) is 5.92 Å². The minimum Gasteiger partial charge on any atom is -0.481 e. The Balaban J connectivity index is 1.89. The molecule has 1 aliphatic rings. The van der Waals surface area contributed by atoms with Gasteiger partial charge in [-0.1, -0.05) is 40.0 Å². The predicted octanol–water partition coefficient (Wildman–Crippen LogP) is 3.84. The van der Waals surface area contributed by atoms with Crippen molar-refractivity contribution in [3.8, 4) is 0 Å². The zero-order chi connectivity index (χ0) is 13.8. The molecule has 1 saturated carbocycles. The van der Waals surface area contributed by atoms with Gasteiger partial charge in [-0.05, 0) is 37.0 Å². The summed E-state index contributed by atoms with van der Waals surface area (Å²) in [5.74, 6) is -0.862. The van der Waals surface area contributed by atoms with Crippen LogP contribution in [0.2, 0.25) is 5.02 Å². The molecule has 2 unspecified atom stereocenters.